The SMILES string of the molecule is CC(=O)CC(=O)N(CCC(=O)O)OCc1ccccc1. The molecule has 0 aliphatic carbocycles. The number of hydrogen-bond donors (Lipinski definition) is 1. The van der Waals surface area contributed by atoms with Crippen LogP contribution in [0, 0.1) is 0 Å². The molecular weight excluding hydrogens is 262 g/mol. The molecule has 0 bridgehead atoms. The molecule has 20 heavy (non-hydrogen) atoms. The summed E-state index contributed by atoms with van der Waals surface area (Å²) in [7, 11) is 0. The lowest BCUT2D eigenvalue weighted by molar-refractivity contribution is -0.192. The molecule has 1 aromatic rings. The number of hydrogen-bond acceptors (Lipinski definition) is 4. The van der Waals surface area contributed by atoms with Gasteiger partial charge in [0.2, 0.25) is 0 Å². The molecule has 0 aromatic heterocycles. The number of ketones is 1. The second-order valence-corrected chi connectivity index (χ2v) is 4.28. The second kappa shape index (κ2) is 8.06. The maximum atomic E-state index is 11.8. The van der Waals surface area contributed by atoms with Gasteiger partial charge in [-0.3, -0.25) is 19.2 Å². The lowest BCUT2D eigenvalue weighted by atomic mass is 10.2. The molecule has 1 N–H and O–H groups in total. The zero-order valence-electron chi connectivity index (χ0n) is 11.2. The molecule has 0 saturated carbocycles. The number of carbonyl (C=O) groups is 3. The number of hydroxylamine groups is 2. The summed E-state index contributed by atoms with van der Waals surface area (Å²) < 4.78 is 0. The van der Waals surface area contributed by atoms with Crippen LogP contribution in [0.5, 0.6) is 0 Å². The normalized spacial score (nSPS) is 10.1. The highest BCUT2D eigenvalue weighted by Crippen LogP contribution is 2.06. The smallest absolute Gasteiger partial charge is 0.305 e. The van der Waals surface area contributed by atoms with Crippen LogP contribution in [0.25, 0.3) is 0 Å². The van der Waals surface area contributed by atoms with Gasteiger partial charge in [-0.1, -0.05) is 30.3 Å². The first-order valence-electron chi connectivity index (χ1n) is 6.17. The van der Waals surface area contributed by atoms with Gasteiger partial charge in [0.15, 0.2) is 0 Å². The van der Waals surface area contributed by atoms with Crippen LogP contribution in [0.15, 0.2) is 30.3 Å². The molecule has 0 spiro atoms. The molecule has 1 aromatic carbocycles. The molecule has 0 unspecified atom stereocenters. The summed E-state index contributed by atoms with van der Waals surface area (Å²) in [6.45, 7) is 1.35. The van der Waals surface area contributed by atoms with E-state index in [1.165, 1.54) is 6.92 Å². The summed E-state index contributed by atoms with van der Waals surface area (Å²) in [5.74, 6) is -1.86. The minimum Gasteiger partial charge on any atom is -0.481 e. The Kier molecular flexibility index (Phi) is 6.39. The minimum absolute atomic E-state index is 0.0890. The van der Waals surface area contributed by atoms with Crippen LogP contribution in [-0.2, 0) is 25.8 Å². The Hall–Kier alpha value is -2.21. The van der Waals surface area contributed by atoms with Crippen molar-refractivity contribution in [1.29, 1.82) is 0 Å². The average Bonchev–Trinajstić information content (AvgIpc) is 2.38. The molecule has 0 atom stereocenters. The third-order valence-corrected chi connectivity index (χ3v) is 2.44. The summed E-state index contributed by atoms with van der Waals surface area (Å²) in [6, 6.07) is 9.16. The summed E-state index contributed by atoms with van der Waals surface area (Å²) in [4.78, 5) is 38.6. The Morgan fingerprint density at radius 1 is 1.20 bits per heavy atom. The van der Waals surface area contributed by atoms with Gasteiger partial charge in [0.25, 0.3) is 5.91 Å². The van der Waals surface area contributed by atoms with Crippen molar-refractivity contribution in [3.63, 3.8) is 0 Å². The quantitative estimate of drug-likeness (QED) is 0.574. The van der Waals surface area contributed by atoms with E-state index in [1.807, 2.05) is 30.3 Å². The van der Waals surface area contributed by atoms with E-state index >= 15 is 0 Å². The zero-order valence-corrected chi connectivity index (χ0v) is 11.2. The molecule has 108 valence electrons. The Bertz CT molecular complexity index is 472. The number of carbonyl (C=O) groups excluding carboxylic acids is 2. The molecule has 6 heteroatoms. The van der Waals surface area contributed by atoms with Crippen LogP contribution >= 0.6 is 0 Å². The van der Waals surface area contributed by atoms with Crippen molar-refractivity contribution in [1.82, 2.24) is 5.06 Å². The third-order valence-electron chi connectivity index (χ3n) is 2.44. The Balaban J connectivity index is 2.59. The second-order valence-electron chi connectivity index (χ2n) is 4.28. The van der Waals surface area contributed by atoms with Crippen molar-refractivity contribution < 1.29 is 24.3 Å². The van der Waals surface area contributed by atoms with E-state index in [-0.39, 0.29) is 31.8 Å². The number of Topliss-reactive ketones (excluding diaryl/α,β-unsaturated/α-hetero) is 1. The highest BCUT2D eigenvalue weighted by Gasteiger charge is 2.17. The molecule has 1 amide bonds. The summed E-state index contributed by atoms with van der Waals surface area (Å²) in [6.07, 6.45) is -0.535. The third kappa shape index (κ3) is 6.10. The van der Waals surface area contributed by atoms with E-state index < -0.39 is 11.9 Å². The predicted molar refractivity (Wildman–Crippen MR) is 70.5 cm³/mol. The van der Waals surface area contributed by atoms with Gasteiger partial charge in [0.05, 0.1) is 19.4 Å². The highest BCUT2D eigenvalue weighted by molar-refractivity contribution is 5.96. The predicted octanol–water partition coefficient (Wildman–Crippen LogP) is 1.40. The molecule has 0 radical (unpaired) electrons. The number of carboxylic acids is 1. The zero-order chi connectivity index (χ0) is 15.0. The lowest BCUT2D eigenvalue weighted by Gasteiger charge is -2.20. The van der Waals surface area contributed by atoms with Crippen LogP contribution in [0.1, 0.15) is 25.3 Å². The number of aliphatic carboxylic acids is 1. The Labute approximate surface area is 116 Å². The van der Waals surface area contributed by atoms with Crippen LogP contribution in [0.4, 0.5) is 0 Å². The molecule has 6 nitrogen and oxygen atoms in total. The topological polar surface area (TPSA) is 83.9 Å². The molecule has 1 rings (SSSR count). The fourth-order valence-corrected chi connectivity index (χ4v) is 1.49. The van der Waals surface area contributed by atoms with E-state index in [4.69, 9.17) is 9.94 Å². The van der Waals surface area contributed by atoms with Crippen molar-refractivity contribution in [2.75, 3.05) is 6.54 Å². The maximum absolute atomic E-state index is 11.8. The van der Waals surface area contributed by atoms with Crippen LogP contribution in [-0.4, -0.2) is 34.4 Å². The number of nitrogens with zero attached hydrogens (tertiary/aromatic N) is 1. The van der Waals surface area contributed by atoms with Crippen molar-refractivity contribution in [3.05, 3.63) is 35.9 Å². The Morgan fingerprint density at radius 3 is 2.40 bits per heavy atom. The number of rotatable bonds is 8. The van der Waals surface area contributed by atoms with Gasteiger partial charge in [-0.05, 0) is 12.5 Å². The van der Waals surface area contributed by atoms with Crippen LogP contribution in [0.2, 0.25) is 0 Å². The molecule has 0 aliphatic heterocycles. The monoisotopic (exact) mass is 279 g/mol. The minimum atomic E-state index is -1.03. The van der Waals surface area contributed by atoms with Gasteiger partial charge in [-0.25, -0.2) is 5.06 Å². The number of amides is 1. The first-order chi connectivity index (χ1) is 9.49. The first kappa shape index (κ1) is 15.8. The van der Waals surface area contributed by atoms with Crippen molar-refractivity contribution >= 4 is 17.7 Å². The van der Waals surface area contributed by atoms with Crippen molar-refractivity contribution in [2.24, 2.45) is 0 Å². The van der Waals surface area contributed by atoms with Crippen molar-refractivity contribution in [3.8, 4) is 0 Å². The lowest BCUT2D eigenvalue weighted by Crippen LogP contribution is -2.34. The number of benzene rings is 1. The van der Waals surface area contributed by atoms with Gasteiger partial charge >= 0.3 is 5.97 Å². The van der Waals surface area contributed by atoms with Crippen molar-refractivity contribution in [2.45, 2.75) is 26.4 Å². The fourth-order valence-electron chi connectivity index (χ4n) is 1.49. The average molecular weight is 279 g/mol. The van der Waals surface area contributed by atoms with E-state index in [9.17, 15) is 14.4 Å². The highest BCUT2D eigenvalue weighted by atomic mass is 16.7. The molecule has 0 heterocycles. The van der Waals surface area contributed by atoms with Crippen LogP contribution < -0.4 is 0 Å². The van der Waals surface area contributed by atoms with Gasteiger partial charge in [0, 0.05) is 0 Å². The molecule has 0 aliphatic rings. The van der Waals surface area contributed by atoms with Gasteiger partial charge in [-0.15, -0.1) is 0 Å². The van der Waals surface area contributed by atoms with Gasteiger partial charge in [0.1, 0.15) is 12.4 Å². The van der Waals surface area contributed by atoms with E-state index in [0.717, 1.165) is 10.6 Å². The first-order valence-corrected chi connectivity index (χ1v) is 6.17. The van der Waals surface area contributed by atoms with E-state index in [2.05, 4.69) is 0 Å². The summed E-state index contributed by atoms with van der Waals surface area (Å²) in [5.41, 5.74) is 0.850. The Morgan fingerprint density at radius 2 is 1.85 bits per heavy atom. The summed E-state index contributed by atoms with van der Waals surface area (Å²) >= 11 is 0. The molecular formula is C14H17NO5. The molecule has 0 saturated heterocycles. The maximum Gasteiger partial charge on any atom is 0.305 e. The number of carboxylic acid groups (broad SMARTS) is 1. The van der Waals surface area contributed by atoms with Gasteiger partial charge in [-0.2, -0.15) is 0 Å². The molecule has 0 fully saturated rings. The standard InChI is InChI=1S/C14H17NO5/c1-11(16)9-13(17)15(8-7-14(18)19)20-10-12-5-3-2-4-6-12/h2-6H,7-10H2,1H3,(H,18,19). The fraction of sp³-hybridized carbons (Fsp3) is 0.357. The van der Waals surface area contributed by atoms with E-state index in [1.54, 1.807) is 0 Å². The van der Waals surface area contributed by atoms with E-state index in [0.29, 0.717) is 0 Å². The van der Waals surface area contributed by atoms with Gasteiger partial charge < -0.3 is 5.11 Å². The summed E-state index contributed by atoms with van der Waals surface area (Å²) in [5, 5.41) is 9.60. The van der Waals surface area contributed by atoms with Crippen LogP contribution in [0.3, 0.4) is 0 Å². The largest absolute Gasteiger partial charge is 0.481 e.